The lowest BCUT2D eigenvalue weighted by Crippen LogP contribution is -2.32. The lowest BCUT2D eigenvalue weighted by Gasteiger charge is -2.23. The SMILES string of the molecule is C=CC(C)(CC1=C(C)c2cc3[nH]c(cc3C)cc3[nH]c(cc4nc(cc1n2)C(C)=C4CC(C)(C=C)C(N)=O)c(C)c3CCC(=O)NCCCn1ccnc1)C(N)=O. The van der Waals surface area contributed by atoms with Crippen LogP contribution in [0.25, 0.3) is 44.4 Å². The van der Waals surface area contributed by atoms with E-state index in [0.717, 1.165) is 79.7 Å². The first kappa shape index (κ1) is 40.4. The smallest absolute Gasteiger partial charge is 0.227 e. The van der Waals surface area contributed by atoms with Gasteiger partial charge in [0.05, 0.1) is 39.9 Å². The highest BCUT2D eigenvalue weighted by Crippen LogP contribution is 2.43. The minimum absolute atomic E-state index is 0.0185. The Hall–Kier alpha value is -6.30. The monoisotopic (exact) mass is 767 g/mol. The molecule has 7 N–H and O–H groups in total. The number of fused-ring (bicyclic) bond motifs is 8. The Kier molecular flexibility index (Phi) is 11.4. The molecule has 3 amide bonds. The van der Waals surface area contributed by atoms with Crippen molar-refractivity contribution in [1.29, 1.82) is 0 Å². The topological polar surface area (TPSA) is 190 Å². The van der Waals surface area contributed by atoms with Gasteiger partial charge in [-0.2, -0.15) is 0 Å². The number of nitrogens with zero attached hydrogens (tertiary/aromatic N) is 4. The molecule has 0 spiro atoms. The van der Waals surface area contributed by atoms with Crippen LogP contribution in [0.15, 0.2) is 74.4 Å². The number of hydrogen-bond acceptors (Lipinski definition) is 6. The zero-order valence-corrected chi connectivity index (χ0v) is 33.8. The fraction of sp³-hybridized carbons (Fsp3) is 0.333. The molecule has 12 nitrogen and oxygen atoms in total. The number of aromatic nitrogens is 6. The van der Waals surface area contributed by atoms with Crippen LogP contribution in [0.1, 0.15) is 92.8 Å². The van der Waals surface area contributed by atoms with Gasteiger partial charge in [0.2, 0.25) is 17.7 Å². The van der Waals surface area contributed by atoms with Crippen molar-refractivity contribution in [1.82, 2.24) is 34.8 Å². The molecule has 12 heteroatoms. The summed E-state index contributed by atoms with van der Waals surface area (Å²) >= 11 is 0. The minimum atomic E-state index is -1.04. The fourth-order valence-corrected chi connectivity index (χ4v) is 7.37. The van der Waals surface area contributed by atoms with Crippen molar-refractivity contribution in [3.8, 4) is 0 Å². The Labute approximate surface area is 333 Å². The van der Waals surface area contributed by atoms with Gasteiger partial charge in [-0.25, -0.2) is 15.0 Å². The predicted octanol–water partition coefficient (Wildman–Crippen LogP) is 7.26. The average Bonchev–Trinajstić information content (AvgIpc) is 3.99. The largest absolute Gasteiger partial charge is 0.369 e. The third-order valence-corrected chi connectivity index (χ3v) is 11.6. The Morgan fingerprint density at radius 2 is 1.40 bits per heavy atom. The van der Waals surface area contributed by atoms with Crippen LogP contribution in [-0.2, 0) is 27.3 Å². The van der Waals surface area contributed by atoms with Crippen LogP contribution in [0, 0.1) is 24.7 Å². The van der Waals surface area contributed by atoms with Crippen molar-refractivity contribution in [3.63, 3.8) is 0 Å². The molecule has 2 atom stereocenters. The number of allylic oxidation sites excluding steroid dienone is 4. The molecule has 0 radical (unpaired) electrons. The van der Waals surface area contributed by atoms with E-state index in [0.29, 0.717) is 42.9 Å². The first-order valence-corrected chi connectivity index (χ1v) is 19.3. The van der Waals surface area contributed by atoms with E-state index < -0.39 is 22.6 Å². The van der Waals surface area contributed by atoms with E-state index in [4.69, 9.17) is 21.4 Å². The van der Waals surface area contributed by atoms with Crippen LogP contribution in [0.3, 0.4) is 0 Å². The molecule has 0 aliphatic carbocycles. The fourth-order valence-electron chi connectivity index (χ4n) is 7.37. The summed E-state index contributed by atoms with van der Waals surface area (Å²) in [6.45, 7) is 20.9. The van der Waals surface area contributed by atoms with E-state index in [-0.39, 0.29) is 12.3 Å². The van der Waals surface area contributed by atoms with Crippen LogP contribution in [0.5, 0.6) is 0 Å². The second-order valence-electron chi connectivity index (χ2n) is 15.8. The van der Waals surface area contributed by atoms with Gasteiger partial charge in [0.15, 0.2) is 0 Å². The first-order chi connectivity index (χ1) is 27.0. The summed E-state index contributed by atoms with van der Waals surface area (Å²) in [6, 6.07) is 10.1. The van der Waals surface area contributed by atoms with Gasteiger partial charge in [-0.3, -0.25) is 14.4 Å². The van der Waals surface area contributed by atoms with Crippen LogP contribution in [-0.4, -0.2) is 53.8 Å². The summed E-state index contributed by atoms with van der Waals surface area (Å²) in [5.74, 6) is -0.989. The Morgan fingerprint density at radius 3 is 1.98 bits per heavy atom. The lowest BCUT2D eigenvalue weighted by molar-refractivity contribution is -0.125. The number of primary amides is 2. The van der Waals surface area contributed by atoms with Crippen molar-refractivity contribution in [2.75, 3.05) is 6.54 Å². The Morgan fingerprint density at radius 1 is 0.807 bits per heavy atom. The lowest BCUT2D eigenvalue weighted by atomic mass is 9.80. The van der Waals surface area contributed by atoms with Crippen LogP contribution in [0.4, 0.5) is 0 Å². The van der Waals surface area contributed by atoms with Gasteiger partial charge in [-0.15, -0.1) is 13.2 Å². The number of carbonyl (C=O) groups excluding carboxylic acids is 3. The molecule has 8 bridgehead atoms. The van der Waals surface area contributed by atoms with E-state index in [1.165, 1.54) is 0 Å². The number of imidazole rings is 1. The van der Waals surface area contributed by atoms with E-state index in [2.05, 4.69) is 45.6 Å². The molecule has 2 aliphatic rings. The highest BCUT2D eigenvalue weighted by molar-refractivity contribution is 5.98. The number of aromatic amines is 2. The summed E-state index contributed by atoms with van der Waals surface area (Å²) in [4.78, 5) is 60.1. The predicted molar refractivity (Wildman–Crippen MR) is 228 cm³/mol. The standard InChI is InChI=1S/C45H53N9O3/c1-9-44(7,42(46)56)23-32-28(5)35-20-34-26(3)18-30(50-34)19-38-31(12-13-41(55)49-14-11-16-54-17-15-48-25-54)27(4)36(51-38)21-39-33(24-45(8,10-2)43(47)57)29(6)37(53-39)22-40(32)52-35/h9-10,15,17-22,25,50-51H,1-2,11-14,16,23-24H2,3-8H3,(H2,46,56)(H2,47,57)(H,49,55). The molecular formula is C45H53N9O3. The molecule has 0 fully saturated rings. The first-order valence-electron chi connectivity index (χ1n) is 19.3. The quantitative estimate of drug-likeness (QED) is 0.0625. The van der Waals surface area contributed by atoms with Crippen molar-refractivity contribution < 1.29 is 14.4 Å². The van der Waals surface area contributed by atoms with Crippen molar-refractivity contribution in [3.05, 3.63) is 114 Å². The molecule has 6 heterocycles. The zero-order valence-electron chi connectivity index (χ0n) is 33.8. The van der Waals surface area contributed by atoms with Crippen LogP contribution in [0.2, 0.25) is 0 Å². The van der Waals surface area contributed by atoms with Crippen LogP contribution < -0.4 is 16.8 Å². The summed E-state index contributed by atoms with van der Waals surface area (Å²) in [6.07, 6.45) is 10.8. The molecular weight excluding hydrogens is 715 g/mol. The second-order valence-corrected chi connectivity index (χ2v) is 15.8. The molecule has 4 aromatic heterocycles. The summed E-state index contributed by atoms with van der Waals surface area (Å²) in [7, 11) is 0. The highest BCUT2D eigenvalue weighted by atomic mass is 16.2. The number of H-pyrrole nitrogens is 2. The average molecular weight is 768 g/mol. The number of aryl methyl sites for hydroxylation is 4. The van der Waals surface area contributed by atoms with Crippen molar-refractivity contribution in [2.24, 2.45) is 22.3 Å². The summed E-state index contributed by atoms with van der Waals surface area (Å²) in [5.41, 5.74) is 22.5. The van der Waals surface area contributed by atoms with Gasteiger partial charge in [-0.1, -0.05) is 12.2 Å². The molecule has 0 aromatic carbocycles. The molecule has 57 heavy (non-hydrogen) atoms. The van der Waals surface area contributed by atoms with Gasteiger partial charge in [0.25, 0.3) is 0 Å². The Bertz CT molecular complexity index is 2520. The normalized spacial score (nSPS) is 14.9. The van der Waals surface area contributed by atoms with Crippen molar-refractivity contribution in [2.45, 2.75) is 80.2 Å². The number of hydrogen-bond donors (Lipinski definition) is 5. The number of amides is 3. The maximum Gasteiger partial charge on any atom is 0.227 e. The third kappa shape index (κ3) is 8.30. The second kappa shape index (κ2) is 16.0. The molecule has 2 aliphatic heterocycles. The van der Waals surface area contributed by atoms with Gasteiger partial charge < -0.3 is 31.3 Å². The van der Waals surface area contributed by atoms with Crippen LogP contribution >= 0.6 is 0 Å². The molecule has 0 saturated carbocycles. The number of carbonyl (C=O) groups is 3. The number of rotatable bonds is 15. The summed E-state index contributed by atoms with van der Waals surface area (Å²) in [5, 5.41) is 3.07. The minimum Gasteiger partial charge on any atom is -0.369 e. The van der Waals surface area contributed by atoms with E-state index >= 15 is 0 Å². The van der Waals surface area contributed by atoms with E-state index in [1.54, 1.807) is 38.5 Å². The van der Waals surface area contributed by atoms with Crippen molar-refractivity contribution >= 4 is 62.1 Å². The molecule has 2 unspecified atom stereocenters. The molecule has 296 valence electrons. The summed E-state index contributed by atoms with van der Waals surface area (Å²) < 4.78 is 1.99. The molecule has 4 aromatic rings. The molecule has 6 rings (SSSR count). The molecule has 0 saturated heterocycles. The van der Waals surface area contributed by atoms with E-state index in [1.807, 2.05) is 56.7 Å². The Balaban J connectivity index is 1.53. The van der Waals surface area contributed by atoms with Gasteiger partial charge in [0, 0.05) is 54.0 Å². The maximum atomic E-state index is 13.1. The van der Waals surface area contributed by atoms with Gasteiger partial charge in [0.1, 0.15) is 0 Å². The van der Waals surface area contributed by atoms with Gasteiger partial charge >= 0.3 is 0 Å². The zero-order chi connectivity index (χ0) is 41.2. The van der Waals surface area contributed by atoms with Gasteiger partial charge in [-0.05, 0) is 137 Å². The maximum absolute atomic E-state index is 13.1. The van der Waals surface area contributed by atoms with E-state index in [9.17, 15) is 14.4 Å². The highest BCUT2D eigenvalue weighted by Gasteiger charge is 2.34. The number of nitrogens with one attached hydrogen (secondary N) is 3. The number of nitrogens with two attached hydrogens (primary N) is 2. The third-order valence-electron chi connectivity index (χ3n) is 11.6.